The number of nitrogens with zero attached hydrogens (tertiary/aromatic N) is 2. The van der Waals surface area contributed by atoms with Crippen LogP contribution in [0.25, 0.3) is 11.0 Å². The molecular formula is C34H56F3N5OS. The van der Waals surface area contributed by atoms with Crippen molar-refractivity contribution in [2.24, 2.45) is 4.99 Å². The van der Waals surface area contributed by atoms with Crippen molar-refractivity contribution >= 4 is 28.6 Å². The summed E-state index contributed by atoms with van der Waals surface area (Å²) < 4.78 is 43.0. The summed E-state index contributed by atoms with van der Waals surface area (Å²) in [6.45, 7) is 19.1. The Balaban J connectivity index is 0. The topological polar surface area (TPSA) is 74.3 Å². The second kappa shape index (κ2) is 26.6. The highest BCUT2D eigenvalue weighted by Crippen LogP contribution is 2.29. The lowest BCUT2D eigenvalue weighted by Gasteiger charge is -2.11. The van der Waals surface area contributed by atoms with E-state index in [1.165, 1.54) is 17.7 Å². The molecule has 1 aromatic carbocycles. The number of rotatable bonds is 11. The van der Waals surface area contributed by atoms with Gasteiger partial charge in [0.15, 0.2) is 0 Å². The van der Waals surface area contributed by atoms with Crippen molar-refractivity contribution in [2.75, 3.05) is 20.9 Å². The number of fused-ring (bicyclic) bond motifs is 1. The quantitative estimate of drug-likeness (QED) is 0.111. The number of alkyl halides is 3. The van der Waals surface area contributed by atoms with E-state index in [1.54, 1.807) is 13.3 Å². The van der Waals surface area contributed by atoms with E-state index in [0.29, 0.717) is 16.8 Å². The van der Waals surface area contributed by atoms with Gasteiger partial charge in [-0.05, 0) is 68.3 Å². The van der Waals surface area contributed by atoms with E-state index in [1.807, 2.05) is 90.8 Å². The van der Waals surface area contributed by atoms with Crippen molar-refractivity contribution in [1.29, 1.82) is 0 Å². The highest BCUT2D eigenvalue weighted by molar-refractivity contribution is 8.00. The van der Waals surface area contributed by atoms with Crippen LogP contribution in [0.5, 0.6) is 0 Å². The molecule has 0 fully saturated rings. The number of thioether (sulfide) groups is 1. The number of ether oxygens (including phenoxy) is 1. The Labute approximate surface area is 268 Å². The van der Waals surface area contributed by atoms with Crippen molar-refractivity contribution < 1.29 is 17.9 Å². The molecule has 2 aromatic heterocycles. The molecule has 0 aliphatic carbocycles. The molecule has 0 saturated heterocycles. The van der Waals surface area contributed by atoms with E-state index in [0.717, 1.165) is 41.3 Å². The minimum absolute atomic E-state index is 0.267. The third-order valence-electron chi connectivity index (χ3n) is 5.39. The van der Waals surface area contributed by atoms with Crippen molar-refractivity contribution in [1.82, 2.24) is 20.6 Å². The zero-order valence-electron chi connectivity index (χ0n) is 28.6. The Morgan fingerprint density at radius 1 is 1.05 bits per heavy atom. The summed E-state index contributed by atoms with van der Waals surface area (Å²) in [5.41, 5.74) is 2.09. The van der Waals surface area contributed by atoms with Crippen LogP contribution in [0.2, 0.25) is 0 Å². The lowest BCUT2D eigenvalue weighted by Crippen LogP contribution is -2.23. The molecule has 10 heteroatoms. The second-order valence-corrected chi connectivity index (χ2v) is 10.7. The van der Waals surface area contributed by atoms with Crippen molar-refractivity contribution in [3.05, 3.63) is 77.6 Å². The number of hydrogen-bond donors (Lipinski definition) is 3. The van der Waals surface area contributed by atoms with E-state index < -0.39 is 11.7 Å². The van der Waals surface area contributed by atoms with Crippen LogP contribution in [-0.4, -0.2) is 47.3 Å². The maximum atomic E-state index is 12.7. The number of nitrogens with one attached hydrogen (secondary N) is 3. The summed E-state index contributed by atoms with van der Waals surface area (Å²) >= 11 is 1.94. The molecule has 3 aromatic rings. The lowest BCUT2D eigenvalue weighted by molar-refractivity contribution is -0.137. The first-order chi connectivity index (χ1) is 21.1. The minimum Gasteiger partial charge on any atom is -0.365 e. The smallest absolute Gasteiger partial charge is 0.365 e. The van der Waals surface area contributed by atoms with Crippen LogP contribution >= 0.6 is 11.8 Å². The number of aliphatic imine (C=N–C) groups is 1. The van der Waals surface area contributed by atoms with Gasteiger partial charge in [0.1, 0.15) is 18.2 Å². The number of H-pyrrole nitrogens is 1. The van der Waals surface area contributed by atoms with Gasteiger partial charge in [0.25, 0.3) is 0 Å². The largest absolute Gasteiger partial charge is 0.416 e. The fraction of sp³-hybridized carbons (Fsp3) is 0.529. The molecule has 0 radical (unpaired) electrons. The summed E-state index contributed by atoms with van der Waals surface area (Å²) in [5, 5.41) is 8.64. The normalized spacial score (nSPS) is 11.8. The van der Waals surface area contributed by atoms with Crippen molar-refractivity contribution in [2.45, 2.75) is 98.5 Å². The molecule has 3 rings (SSSR count). The predicted molar refractivity (Wildman–Crippen MR) is 186 cm³/mol. The van der Waals surface area contributed by atoms with E-state index in [9.17, 15) is 13.2 Å². The molecule has 1 atom stereocenters. The molecule has 2 heterocycles. The molecule has 0 amide bonds. The maximum Gasteiger partial charge on any atom is 0.416 e. The second-order valence-electron chi connectivity index (χ2n) is 8.78. The van der Waals surface area contributed by atoms with Gasteiger partial charge >= 0.3 is 6.18 Å². The molecule has 0 aliphatic rings. The van der Waals surface area contributed by atoms with Gasteiger partial charge < -0.3 is 20.4 Å². The monoisotopic (exact) mass is 639 g/mol. The molecule has 3 N–H and O–H groups in total. The molecule has 44 heavy (non-hydrogen) atoms. The van der Waals surface area contributed by atoms with Crippen LogP contribution in [0.1, 0.15) is 85.4 Å². The summed E-state index contributed by atoms with van der Waals surface area (Å²) in [5.74, 6) is 0.609. The molecule has 0 aliphatic heterocycles. The fourth-order valence-electron chi connectivity index (χ4n) is 3.42. The zero-order valence-corrected chi connectivity index (χ0v) is 29.4. The number of allylic oxidation sites excluding steroid dienone is 1. The lowest BCUT2D eigenvalue weighted by atomic mass is 10.1. The van der Waals surface area contributed by atoms with Crippen molar-refractivity contribution in [3.63, 3.8) is 0 Å². The van der Waals surface area contributed by atoms with Gasteiger partial charge in [-0.3, -0.25) is 4.99 Å². The first kappa shape index (κ1) is 43.3. The molecular weight excluding hydrogens is 583 g/mol. The molecule has 0 bridgehead atoms. The summed E-state index contributed by atoms with van der Waals surface area (Å²) in [6.07, 6.45) is 4.89. The number of benzene rings is 1. The van der Waals surface area contributed by atoms with Gasteiger partial charge in [0.05, 0.1) is 17.5 Å². The Hall–Kier alpha value is -2.82. The predicted octanol–water partition coefficient (Wildman–Crippen LogP) is 9.63. The summed E-state index contributed by atoms with van der Waals surface area (Å²) in [4.78, 5) is 11.9. The number of aromatic nitrogens is 2. The SMILES string of the molecule is CC.CC.CC.CNC(C)SC(C)C.COCNC(/C=C\CCc1c[nH]c2ncccc12)=NCc1ccc(C(F)(F)F)cc1. The molecule has 0 saturated carbocycles. The van der Waals surface area contributed by atoms with E-state index >= 15 is 0 Å². The first-order valence-electron chi connectivity index (χ1n) is 15.5. The molecule has 1 unspecified atom stereocenters. The number of amidine groups is 1. The van der Waals surface area contributed by atoms with Gasteiger partial charge in [0.2, 0.25) is 0 Å². The number of hydrogen-bond acceptors (Lipinski definition) is 5. The van der Waals surface area contributed by atoms with Crippen LogP contribution in [0.3, 0.4) is 0 Å². The molecule has 0 spiro atoms. The van der Waals surface area contributed by atoms with E-state index in [-0.39, 0.29) is 13.3 Å². The third kappa shape index (κ3) is 18.8. The summed E-state index contributed by atoms with van der Waals surface area (Å²) in [7, 11) is 3.55. The van der Waals surface area contributed by atoms with Crippen LogP contribution in [-0.2, 0) is 23.9 Å². The highest BCUT2D eigenvalue weighted by atomic mass is 32.2. The minimum atomic E-state index is -4.34. The molecule has 6 nitrogen and oxygen atoms in total. The molecule has 250 valence electrons. The Bertz CT molecular complexity index is 1150. The number of aromatic amines is 1. The first-order valence-corrected chi connectivity index (χ1v) is 16.4. The highest BCUT2D eigenvalue weighted by Gasteiger charge is 2.29. The van der Waals surface area contributed by atoms with Gasteiger partial charge in [-0.15, -0.1) is 11.8 Å². The average molecular weight is 640 g/mol. The third-order valence-corrected chi connectivity index (χ3v) is 6.57. The van der Waals surface area contributed by atoms with E-state index in [2.05, 4.69) is 46.4 Å². The van der Waals surface area contributed by atoms with E-state index in [4.69, 9.17) is 4.74 Å². The fourth-order valence-corrected chi connectivity index (χ4v) is 4.37. The zero-order chi connectivity index (χ0) is 34.0. The Morgan fingerprint density at radius 2 is 1.68 bits per heavy atom. The maximum absolute atomic E-state index is 12.7. The number of aryl methyl sites for hydroxylation is 1. The Kier molecular flexibility index (Phi) is 26.2. The van der Waals surface area contributed by atoms with Gasteiger partial charge in [0, 0.05) is 30.1 Å². The van der Waals surface area contributed by atoms with Gasteiger partial charge in [-0.2, -0.15) is 13.2 Å². The number of halogens is 3. The van der Waals surface area contributed by atoms with Crippen LogP contribution in [0.15, 0.2) is 65.9 Å². The van der Waals surface area contributed by atoms with Crippen LogP contribution in [0, 0.1) is 0 Å². The van der Waals surface area contributed by atoms with Crippen molar-refractivity contribution in [3.8, 4) is 0 Å². The van der Waals surface area contributed by atoms with Crippen LogP contribution in [0.4, 0.5) is 13.2 Å². The van der Waals surface area contributed by atoms with Crippen LogP contribution < -0.4 is 10.6 Å². The number of methoxy groups -OCH3 is 1. The average Bonchev–Trinajstić information content (AvgIpc) is 3.46. The standard InChI is InChI=1S/C22H23F3N4O.C6H15NS.3C2H6/c1-30-15-29-20(27-13-16-8-10-18(11-9-16)22(23,24)25)7-3-2-5-17-14-28-21-19(17)6-4-12-26-21;1-5(2)8-6(3)7-4;3*1-2/h3-4,6-12,14H,2,5,13,15H2,1H3,(H,26,28)(H,27,29);5-7H,1-4H3;3*1-2H3/b7-3-;;;;. The number of pyridine rings is 1. The Morgan fingerprint density at radius 3 is 2.20 bits per heavy atom. The van der Waals surface area contributed by atoms with Gasteiger partial charge in [-0.1, -0.05) is 73.6 Å². The summed E-state index contributed by atoms with van der Waals surface area (Å²) in [6, 6.07) is 8.97. The van der Waals surface area contributed by atoms with Gasteiger partial charge in [-0.25, -0.2) is 4.98 Å².